The van der Waals surface area contributed by atoms with Gasteiger partial charge in [0.2, 0.25) is 5.91 Å². The minimum atomic E-state index is -0.702. The van der Waals surface area contributed by atoms with E-state index in [0.717, 1.165) is 27.7 Å². The highest BCUT2D eigenvalue weighted by molar-refractivity contribution is 5.87. The van der Waals surface area contributed by atoms with Crippen LogP contribution in [0.2, 0.25) is 0 Å². The number of fused-ring (bicyclic) bond motifs is 4. The van der Waals surface area contributed by atoms with Crippen LogP contribution in [0.25, 0.3) is 22.0 Å². The van der Waals surface area contributed by atoms with Gasteiger partial charge in [-0.15, -0.1) is 0 Å². The molecule has 4 aromatic rings. The summed E-state index contributed by atoms with van der Waals surface area (Å²) >= 11 is 0. The molecule has 5 rings (SSSR count). The zero-order valence-electron chi connectivity index (χ0n) is 35.6. The Labute approximate surface area is 352 Å². The van der Waals surface area contributed by atoms with Gasteiger partial charge in [0, 0.05) is 76.1 Å². The summed E-state index contributed by atoms with van der Waals surface area (Å²) in [6.45, 7) is 10.3. The number of hydrogen-bond acceptors (Lipinski definition) is 11. The molecule has 0 saturated carbocycles. The molecule has 60 heavy (non-hydrogen) atoms. The molecule has 2 amide bonds. The molecule has 14 nitrogen and oxygen atoms in total. The molecule has 0 spiro atoms. The van der Waals surface area contributed by atoms with Gasteiger partial charge in [-0.1, -0.05) is 66.7 Å². The number of benzene rings is 3. The molecule has 1 aromatic heterocycles. The maximum atomic E-state index is 13.6. The van der Waals surface area contributed by atoms with E-state index in [0.29, 0.717) is 39.5 Å². The first-order valence-corrected chi connectivity index (χ1v) is 20.3. The fourth-order valence-corrected chi connectivity index (χ4v) is 7.21. The van der Waals surface area contributed by atoms with Crippen LogP contribution in [0, 0.1) is 5.92 Å². The van der Waals surface area contributed by atoms with Crippen molar-refractivity contribution in [2.75, 3.05) is 53.7 Å². The largest absolute Gasteiger partial charge is 0.460 e. The fourth-order valence-electron chi connectivity index (χ4n) is 7.21. The predicted octanol–water partition coefficient (Wildman–Crippen LogP) is 6.54. The number of nitrogens with zero attached hydrogens (tertiary/aromatic N) is 3. The van der Waals surface area contributed by atoms with E-state index in [9.17, 15) is 19.2 Å². The summed E-state index contributed by atoms with van der Waals surface area (Å²) < 4.78 is 24.3. The highest BCUT2D eigenvalue weighted by Crippen LogP contribution is 2.44. The van der Waals surface area contributed by atoms with Crippen LogP contribution in [-0.2, 0) is 56.0 Å². The fraction of sp³-hybridized carbons (Fsp3) is 0.457. The van der Waals surface area contributed by atoms with Gasteiger partial charge >= 0.3 is 18.2 Å². The summed E-state index contributed by atoms with van der Waals surface area (Å²) in [6.07, 6.45) is 0.142. The number of para-hydroxylation sites is 1. The van der Waals surface area contributed by atoms with E-state index < -0.39 is 23.6 Å². The Morgan fingerprint density at radius 2 is 1.47 bits per heavy atom. The van der Waals surface area contributed by atoms with Crippen molar-refractivity contribution in [1.82, 2.24) is 19.9 Å². The van der Waals surface area contributed by atoms with E-state index in [1.54, 1.807) is 32.8 Å². The summed E-state index contributed by atoms with van der Waals surface area (Å²) in [5.74, 6) is -1.56. The van der Waals surface area contributed by atoms with E-state index in [1.807, 2.05) is 62.5 Å². The molecule has 14 heteroatoms. The first kappa shape index (κ1) is 47.0. The number of Topliss-reactive ketones (excluding diaryl/α,β-unsaturated/α-hetero) is 1. The van der Waals surface area contributed by atoms with Crippen LogP contribution in [0.5, 0.6) is 0 Å². The highest BCUT2D eigenvalue weighted by Gasteiger charge is 2.30. The summed E-state index contributed by atoms with van der Waals surface area (Å²) in [6, 6.07) is 26.5. The van der Waals surface area contributed by atoms with Gasteiger partial charge in [-0.25, -0.2) is 14.8 Å². The number of nitrogens with one attached hydrogen (secondary N) is 1. The van der Waals surface area contributed by atoms with Crippen LogP contribution in [0.4, 0.5) is 4.79 Å². The predicted molar refractivity (Wildman–Crippen MR) is 224 cm³/mol. The second-order valence-electron chi connectivity index (χ2n) is 15.5. The smallest absolute Gasteiger partial charge is 0.424 e. The Morgan fingerprint density at radius 3 is 2.12 bits per heavy atom. The Hall–Kier alpha value is -5.66. The van der Waals surface area contributed by atoms with Crippen LogP contribution in [0.15, 0.2) is 78.9 Å². The average molecular weight is 827 g/mol. The van der Waals surface area contributed by atoms with Crippen LogP contribution in [0.1, 0.15) is 76.1 Å². The molecule has 1 aliphatic rings. The number of carbonyl (C=O) groups excluding carboxylic acids is 6. The maximum absolute atomic E-state index is 13.6. The van der Waals surface area contributed by atoms with Crippen molar-refractivity contribution in [3.63, 3.8) is 0 Å². The highest BCUT2D eigenvalue weighted by atomic mass is 16.6. The number of hydrogen-bond donors (Lipinski definition) is 1. The third-order valence-corrected chi connectivity index (χ3v) is 10.1. The van der Waals surface area contributed by atoms with Crippen molar-refractivity contribution in [1.29, 1.82) is 0 Å². The van der Waals surface area contributed by atoms with Crippen molar-refractivity contribution in [3.05, 3.63) is 95.7 Å². The van der Waals surface area contributed by atoms with E-state index in [4.69, 9.17) is 28.5 Å². The molecule has 0 aliphatic heterocycles. The molecule has 0 saturated heterocycles. The van der Waals surface area contributed by atoms with Crippen molar-refractivity contribution in [3.8, 4) is 11.1 Å². The molecular weight excluding hydrogens is 769 g/mol. The Morgan fingerprint density at radius 1 is 0.850 bits per heavy atom. The summed E-state index contributed by atoms with van der Waals surface area (Å²) in [5, 5.41) is 7.14. The van der Waals surface area contributed by atoms with Crippen molar-refractivity contribution >= 4 is 40.8 Å². The molecule has 0 bridgehead atoms. The normalized spacial score (nSPS) is 12.4. The van der Waals surface area contributed by atoms with Gasteiger partial charge in [-0.2, -0.15) is 9.59 Å². The maximum Gasteiger partial charge on any atom is 0.424 e. The lowest BCUT2D eigenvalue weighted by molar-refractivity contribution is -0.191. The van der Waals surface area contributed by atoms with E-state index in [-0.39, 0.29) is 62.6 Å². The van der Waals surface area contributed by atoms with Crippen LogP contribution in [0.3, 0.4) is 0 Å². The van der Waals surface area contributed by atoms with Gasteiger partial charge in [0.05, 0.1) is 26.4 Å². The van der Waals surface area contributed by atoms with Gasteiger partial charge < -0.3 is 28.8 Å². The van der Waals surface area contributed by atoms with E-state index in [1.165, 1.54) is 16.1 Å². The number of esters is 1. The topological polar surface area (TPSA) is 163 Å². The number of rotatable bonds is 21. The Kier molecular flexibility index (Phi) is 18.2. The van der Waals surface area contributed by atoms with Gasteiger partial charge in [-0.05, 0) is 73.9 Å². The summed E-state index contributed by atoms with van der Waals surface area (Å²) in [7, 11) is 3.51. The lowest BCUT2D eigenvalue weighted by Gasteiger charge is -2.28. The van der Waals surface area contributed by atoms with Crippen molar-refractivity contribution in [2.45, 2.75) is 78.0 Å². The Bertz CT molecular complexity index is 2040. The van der Waals surface area contributed by atoms with Crippen LogP contribution < -0.4 is 5.32 Å². The number of amides is 2. The van der Waals surface area contributed by atoms with Gasteiger partial charge in [-0.3, -0.25) is 14.4 Å². The minimum Gasteiger partial charge on any atom is -0.460 e. The zero-order valence-corrected chi connectivity index (χ0v) is 35.6. The first-order valence-electron chi connectivity index (χ1n) is 20.3. The number of carbonyl (C=O) groups is 4. The molecule has 0 radical (unpaired) electrons. The standard InChI is InChI=1S/C45H58N4O8.CO2/c1-7-54-26-27-55-25-23-46-43(52)33(20-21-42(51)57-45(2,3)4)29-35(50)22-24-49-34(28-32-14-8-13-19-41(32)49)30-47(5)48(6)44(53)56-31-40-38-17-11-9-15-36(38)37-16-10-12-18-39(37)40;2-1-3/h8-19,28,33,40H,7,20-27,29-31H2,1-6H3,(H,46,52);/t33-;/m1./s1. The first-order chi connectivity index (χ1) is 28.8. The zero-order chi connectivity index (χ0) is 43.7. The number of aryl methyl sites for hydroxylation is 1. The molecule has 0 unspecified atom stereocenters. The molecular formula is C46H58N4O10. The summed E-state index contributed by atoms with van der Waals surface area (Å²) in [5.41, 5.74) is 5.85. The van der Waals surface area contributed by atoms with Gasteiger partial charge in [0.1, 0.15) is 18.0 Å². The third-order valence-electron chi connectivity index (χ3n) is 10.1. The van der Waals surface area contributed by atoms with Crippen LogP contribution >= 0.6 is 0 Å². The quantitative estimate of drug-likeness (QED) is 0.0552. The summed E-state index contributed by atoms with van der Waals surface area (Å²) in [4.78, 5) is 69.1. The monoisotopic (exact) mass is 826 g/mol. The number of ketones is 1. The average Bonchev–Trinajstić information content (AvgIpc) is 3.73. The molecule has 1 aliphatic carbocycles. The third kappa shape index (κ3) is 13.7. The lowest BCUT2D eigenvalue weighted by Crippen LogP contribution is -2.41. The number of ether oxygens (including phenoxy) is 4. The van der Waals surface area contributed by atoms with Crippen LogP contribution in [-0.4, -0.2) is 104 Å². The van der Waals surface area contributed by atoms with Crippen molar-refractivity contribution < 1.29 is 47.7 Å². The molecule has 0 fully saturated rings. The van der Waals surface area contributed by atoms with Gasteiger partial charge in [0.25, 0.3) is 0 Å². The Balaban J connectivity index is 0.00000257. The molecule has 1 atom stereocenters. The molecule has 1 N–H and O–H groups in total. The van der Waals surface area contributed by atoms with E-state index >= 15 is 0 Å². The van der Waals surface area contributed by atoms with E-state index in [2.05, 4.69) is 40.2 Å². The second-order valence-corrected chi connectivity index (χ2v) is 15.5. The molecule has 3 aromatic carbocycles. The molecule has 322 valence electrons. The van der Waals surface area contributed by atoms with Gasteiger partial charge in [0.15, 0.2) is 0 Å². The number of hydrazine groups is 1. The lowest BCUT2D eigenvalue weighted by atomic mass is 9.94. The minimum absolute atomic E-state index is 0.0151. The van der Waals surface area contributed by atoms with Crippen molar-refractivity contribution in [2.24, 2.45) is 5.92 Å². The SMILES string of the molecule is CCOCCOCCNC(=O)[C@H](CCC(=O)OC(C)(C)C)CC(=O)CCn1c(CN(C)N(C)C(=O)OCC2c3ccccc3-c3ccccc32)cc2ccccc21.O=C=O. The molecule has 1 heterocycles. The number of aromatic nitrogens is 1. The second kappa shape index (κ2) is 23.2.